The summed E-state index contributed by atoms with van der Waals surface area (Å²) in [6, 6.07) is 0.799. The van der Waals surface area contributed by atoms with Gasteiger partial charge in [0.15, 0.2) is 0 Å². The molecule has 1 heterocycles. The largest absolute Gasteiger partial charge is 0.327 e. The second-order valence-electron chi connectivity index (χ2n) is 6.22. The molecular weight excluding hydrogens is 270 g/mol. The van der Waals surface area contributed by atoms with Crippen molar-refractivity contribution in [3.63, 3.8) is 0 Å². The highest BCUT2D eigenvalue weighted by Gasteiger charge is 2.24. The lowest BCUT2D eigenvalue weighted by atomic mass is 9.85. The van der Waals surface area contributed by atoms with E-state index < -0.39 is 0 Å². The van der Waals surface area contributed by atoms with Gasteiger partial charge >= 0.3 is 0 Å². The van der Waals surface area contributed by atoms with Crippen LogP contribution < -0.4 is 5.73 Å². The van der Waals surface area contributed by atoms with Crippen molar-refractivity contribution in [1.29, 1.82) is 0 Å². The Bertz CT molecular complexity index is 409. The summed E-state index contributed by atoms with van der Waals surface area (Å²) >= 11 is 1.74. The summed E-state index contributed by atoms with van der Waals surface area (Å²) in [5.41, 5.74) is 6.37. The number of aromatic nitrogens is 4. The van der Waals surface area contributed by atoms with Crippen LogP contribution in [-0.4, -0.2) is 32.0 Å². The Morgan fingerprint density at radius 2 is 1.80 bits per heavy atom. The van der Waals surface area contributed by atoms with Gasteiger partial charge in [0.1, 0.15) is 0 Å². The molecule has 3 rings (SSSR count). The monoisotopic (exact) mass is 295 g/mol. The fourth-order valence-corrected chi connectivity index (χ4v) is 4.55. The number of nitrogens with two attached hydrogens (primary N) is 1. The molecule has 6 heteroatoms. The quantitative estimate of drug-likeness (QED) is 0.846. The molecule has 0 radical (unpaired) electrons. The zero-order valence-corrected chi connectivity index (χ0v) is 12.9. The van der Waals surface area contributed by atoms with Crippen molar-refractivity contribution in [2.75, 3.05) is 5.75 Å². The van der Waals surface area contributed by atoms with Gasteiger partial charge in [-0.15, -0.1) is 5.10 Å². The summed E-state index contributed by atoms with van der Waals surface area (Å²) in [7, 11) is 0. The van der Waals surface area contributed by atoms with E-state index >= 15 is 0 Å². The van der Waals surface area contributed by atoms with Crippen LogP contribution in [-0.2, 0) is 0 Å². The summed E-state index contributed by atoms with van der Waals surface area (Å²) in [6.07, 6.45) is 11.7. The molecule has 2 fully saturated rings. The Balaban J connectivity index is 1.54. The number of hydrogen-bond donors (Lipinski definition) is 1. The lowest BCUT2D eigenvalue weighted by Crippen LogP contribution is -2.33. The molecule has 1 unspecified atom stereocenters. The molecule has 2 aliphatic carbocycles. The van der Waals surface area contributed by atoms with Crippen LogP contribution in [0, 0.1) is 5.92 Å². The number of rotatable bonds is 5. The molecule has 5 nitrogen and oxygen atoms in total. The molecule has 1 atom stereocenters. The van der Waals surface area contributed by atoms with Crippen LogP contribution in [0.5, 0.6) is 0 Å². The third-order valence-corrected chi connectivity index (χ3v) is 5.87. The fourth-order valence-electron chi connectivity index (χ4n) is 3.53. The van der Waals surface area contributed by atoms with E-state index in [4.69, 9.17) is 5.73 Å². The zero-order chi connectivity index (χ0) is 13.8. The first-order chi connectivity index (χ1) is 9.84. The van der Waals surface area contributed by atoms with Gasteiger partial charge in [0.05, 0.1) is 6.04 Å². The summed E-state index contributed by atoms with van der Waals surface area (Å²) in [5.74, 6) is 1.64. The first-order valence-electron chi connectivity index (χ1n) is 8.01. The van der Waals surface area contributed by atoms with Crippen molar-refractivity contribution in [3.05, 3.63) is 0 Å². The molecule has 1 aromatic heterocycles. The van der Waals surface area contributed by atoms with E-state index in [0.717, 1.165) is 10.9 Å². The highest BCUT2D eigenvalue weighted by atomic mass is 32.2. The van der Waals surface area contributed by atoms with Gasteiger partial charge in [-0.25, -0.2) is 4.68 Å². The SMILES string of the molecule is NC(CSc1nnnn1C1CCCC1)C1CCCCC1. The minimum absolute atomic E-state index is 0.286. The molecule has 0 saturated heterocycles. The molecule has 0 aromatic carbocycles. The minimum Gasteiger partial charge on any atom is -0.327 e. The minimum atomic E-state index is 0.286. The first kappa shape index (κ1) is 14.3. The van der Waals surface area contributed by atoms with Crippen molar-refractivity contribution in [2.45, 2.75) is 75.0 Å². The molecule has 0 amide bonds. The maximum absolute atomic E-state index is 6.37. The van der Waals surface area contributed by atoms with E-state index in [1.54, 1.807) is 11.8 Å². The standard InChI is InChI=1S/C14H25N5S/c15-13(11-6-2-1-3-7-11)10-20-14-16-17-18-19(14)12-8-4-5-9-12/h11-13H,1-10,15H2. The van der Waals surface area contributed by atoms with Gasteiger partial charge in [-0.1, -0.05) is 43.9 Å². The third-order valence-electron chi connectivity index (χ3n) is 4.79. The van der Waals surface area contributed by atoms with Crippen molar-refractivity contribution in [1.82, 2.24) is 20.2 Å². The van der Waals surface area contributed by atoms with E-state index in [1.165, 1.54) is 57.8 Å². The maximum Gasteiger partial charge on any atom is 0.209 e. The average molecular weight is 295 g/mol. The van der Waals surface area contributed by atoms with Gasteiger partial charge in [-0.05, 0) is 42.0 Å². The predicted molar refractivity (Wildman–Crippen MR) is 80.6 cm³/mol. The van der Waals surface area contributed by atoms with E-state index in [9.17, 15) is 0 Å². The Hall–Kier alpha value is -0.620. The van der Waals surface area contributed by atoms with E-state index in [1.807, 2.05) is 4.68 Å². The topological polar surface area (TPSA) is 69.6 Å². The average Bonchev–Trinajstić information content (AvgIpc) is 3.16. The summed E-state index contributed by atoms with van der Waals surface area (Å²) < 4.78 is 2.03. The van der Waals surface area contributed by atoms with Crippen molar-refractivity contribution < 1.29 is 0 Å². The fraction of sp³-hybridized carbons (Fsp3) is 0.929. The number of thioether (sulfide) groups is 1. The number of tetrazole rings is 1. The van der Waals surface area contributed by atoms with Gasteiger partial charge in [0.2, 0.25) is 5.16 Å². The van der Waals surface area contributed by atoms with Crippen LogP contribution in [0.1, 0.15) is 63.8 Å². The molecule has 0 aliphatic heterocycles. The molecule has 20 heavy (non-hydrogen) atoms. The Morgan fingerprint density at radius 1 is 1.10 bits per heavy atom. The van der Waals surface area contributed by atoms with Crippen LogP contribution in [0.2, 0.25) is 0 Å². The second-order valence-corrected chi connectivity index (χ2v) is 7.20. The Labute approximate surface area is 125 Å². The Kier molecular flexibility index (Phi) is 4.94. The van der Waals surface area contributed by atoms with Crippen LogP contribution in [0.25, 0.3) is 0 Å². The van der Waals surface area contributed by atoms with Crippen LogP contribution in [0.4, 0.5) is 0 Å². The predicted octanol–water partition coefficient (Wildman–Crippen LogP) is 2.79. The smallest absolute Gasteiger partial charge is 0.209 e. The number of nitrogens with zero attached hydrogens (tertiary/aromatic N) is 4. The van der Waals surface area contributed by atoms with Gasteiger partial charge in [-0.3, -0.25) is 0 Å². The molecule has 112 valence electrons. The molecule has 2 N–H and O–H groups in total. The molecule has 0 bridgehead atoms. The van der Waals surface area contributed by atoms with Crippen molar-refractivity contribution in [3.8, 4) is 0 Å². The second kappa shape index (κ2) is 6.89. The number of hydrogen-bond acceptors (Lipinski definition) is 5. The third kappa shape index (κ3) is 3.34. The lowest BCUT2D eigenvalue weighted by molar-refractivity contribution is 0.319. The van der Waals surface area contributed by atoms with Gasteiger partial charge < -0.3 is 5.73 Å². The lowest BCUT2D eigenvalue weighted by Gasteiger charge is -2.27. The maximum atomic E-state index is 6.37. The van der Waals surface area contributed by atoms with E-state index in [0.29, 0.717) is 12.0 Å². The van der Waals surface area contributed by atoms with Crippen LogP contribution in [0.3, 0.4) is 0 Å². The first-order valence-corrected chi connectivity index (χ1v) is 8.99. The van der Waals surface area contributed by atoms with Gasteiger partial charge in [0, 0.05) is 11.8 Å². The summed E-state index contributed by atoms with van der Waals surface area (Å²) in [4.78, 5) is 0. The van der Waals surface area contributed by atoms with E-state index in [-0.39, 0.29) is 6.04 Å². The summed E-state index contributed by atoms with van der Waals surface area (Å²) in [6.45, 7) is 0. The molecule has 2 aliphatic rings. The summed E-state index contributed by atoms with van der Waals surface area (Å²) in [5, 5.41) is 13.2. The van der Waals surface area contributed by atoms with Crippen molar-refractivity contribution in [2.24, 2.45) is 11.7 Å². The van der Waals surface area contributed by atoms with E-state index in [2.05, 4.69) is 15.5 Å². The van der Waals surface area contributed by atoms with Gasteiger partial charge in [-0.2, -0.15) is 0 Å². The van der Waals surface area contributed by atoms with Crippen LogP contribution in [0.15, 0.2) is 5.16 Å². The molecule has 2 saturated carbocycles. The normalized spacial score (nSPS) is 23.2. The molecule has 1 aromatic rings. The highest BCUT2D eigenvalue weighted by molar-refractivity contribution is 7.99. The molecular formula is C14H25N5S. The highest BCUT2D eigenvalue weighted by Crippen LogP contribution is 2.32. The Morgan fingerprint density at radius 3 is 2.55 bits per heavy atom. The zero-order valence-electron chi connectivity index (χ0n) is 12.1. The molecule has 0 spiro atoms. The van der Waals surface area contributed by atoms with Crippen LogP contribution >= 0.6 is 11.8 Å². The van der Waals surface area contributed by atoms with Gasteiger partial charge in [0.25, 0.3) is 0 Å². The van der Waals surface area contributed by atoms with Crippen molar-refractivity contribution >= 4 is 11.8 Å².